The van der Waals surface area contributed by atoms with Gasteiger partial charge in [-0.2, -0.15) is 0 Å². The zero-order valence-electron chi connectivity index (χ0n) is 10.8. The highest BCUT2D eigenvalue weighted by atomic mass is 79.9. The Labute approximate surface area is 129 Å². The number of fused-ring (bicyclic) bond motifs is 1. The van der Waals surface area contributed by atoms with Gasteiger partial charge in [-0.15, -0.1) is 0 Å². The van der Waals surface area contributed by atoms with Crippen molar-refractivity contribution in [1.29, 1.82) is 0 Å². The molecule has 2 nitrogen and oxygen atoms in total. The standard InChI is InChI=1S/C17H10BrFO2/c18-15-4-2-1-3-13(15)17(21)14-8-10-5-6-12(19)7-11(10)9-16(14)20/h1-9,20H. The first-order valence-electron chi connectivity index (χ1n) is 6.28. The molecule has 1 N–H and O–H groups in total. The smallest absolute Gasteiger partial charge is 0.197 e. The number of carbonyl (C=O) groups excluding carboxylic acids is 1. The minimum Gasteiger partial charge on any atom is -0.507 e. The van der Waals surface area contributed by atoms with E-state index >= 15 is 0 Å². The third-order valence-electron chi connectivity index (χ3n) is 3.28. The Morgan fingerprint density at radius 1 is 0.952 bits per heavy atom. The maximum Gasteiger partial charge on any atom is 0.197 e. The van der Waals surface area contributed by atoms with Crippen molar-refractivity contribution in [3.05, 3.63) is 76.0 Å². The van der Waals surface area contributed by atoms with Crippen LogP contribution in [-0.2, 0) is 0 Å². The predicted octanol–water partition coefficient (Wildman–Crippen LogP) is 4.68. The molecule has 0 aromatic heterocycles. The quantitative estimate of drug-likeness (QED) is 0.685. The van der Waals surface area contributed by atoms with Gasteiger partial charge >= 0.3 is 0 Å². The minimum atomic E-state index is -0.383. The fraction of sp³-hybridized carbons (Fsp3) is 0. The Morgan fingerprint density at radius 3 is 2.48 bits per heavy atom. The van der Waals surface area contributed by atoms with E-state index in [1.54, 1.807) is 30.3 Å². The van der Waals surface area contributed by atoms with Gasteiger partial charge in [-0.1, -0.05) is 34.1 Å². The molecule has 0 bridgehead atoms. The molecule has 0 radical (unpaired) electrons. The summed E-state index contributed by atoms with van der Waals surface area (Å²) in [7, 11) is 0. The lowest BCUT2D eigenvalue weighted by molar-refractivity contribution is 0.103. The molecule has 104 valence electrons. The molecule has 0 saturated heterocycles. The molecule has 3 aromatic carbocycles. The van der Waals surface area contributed by atoms with E-state index in [9.17, 15) is 14.3 Å². The number of halogens is 2. The zero-order valence-corrected chi connectivity index (χ0v) is 12.4. The van der Waals surface area contributed by atoms with Gasteiger partial charge in [0, 0.05) is 10.0 Å². The van der Waals surface area contributed by atoms with Crippen molar-refractivity contribution in [2.24, 2.45) is 0 Å². The second-order valence-electron chi connectivity index (χ2n) is 4.67. The van der Waals surface area contributed by atoms with Gasteiger partial charge in [-0.05, 0) is 47.2 Å². The summed E-state index contributed by atoms with van der Waals surface area (Å²) in [6, 6.07) is 14.2. The number of aromatic hydroxyl groups is 1. The fourth-order valence-electron chi connectivity index (χ4n) is 2.23. The van der Waals surface area contributed by atoms with Crippen molar-refractivity contribution in [3.8, 4) is 5.75 Å². The predicted molar refractivity (Wildman–Crippen MR) is 83.1 cm³/mol. The van der Waals surface area contributed by atoms with Crippen molar-refractivity contribution in [2.45, 2.75) is 0 Å². The van der Waals surface area contributed by atoms with E-state index in [2.05, 4.69) is 15.9 Å². The molecule has 3 rings (SSSR count). The van der Waals surface area contributed by atoms with Crippen molar-refractivity contribution < 1.29 is 14.3 Å². The molecule has 0 unspecified atom stereocenters. The van der Waals surface area contributed by atoms with E-state index in [0.717, 1.165) is 0 Å². The molecule has 0 aliphatic heterocycles. The van der Waals surface area contributed by atoms with Gasteiger partial charge in [0.05, 0.1) is 5.56 Å². The van der Waals surface area contributed by atoms with Crippen LogP contribution in [0.25, 0.3) is 10.8 Å². The summed E-state index contributed by atoms with van der Waals surface area (Å²) in [4.78, 5) is 12.5. The average Bonchev–Trinajstić information content (AvgIpc) is 2.46. The molecular weight excluding hydrogens is 335 g/mol. The molecule has 0 atom stereocenters. The van der Waals surface area contributed by atoms with Crippen molar-refractivity contribution >= 4 is 32.5 Å². The Kier molecular flexibility index (Phi) is 3.47. The molecule has 0 aliphatic carbocycles. The molecular formula is C17H10BrFO2. The number of benzene rings is 3. The van der Waals surface area contributed by atoms with E-state index in [1.807, 2.05) is 6.07 Å². The highest BCUT2D eigenvalue weighted by Gasteiger charge is 2.16. The van der Waals surface area contributed by atoms with Gasteiger partial charge in [-0.25, -0.2) is 4.39 Å². The molecule has 0 amide bonds. The highest BCUT2D eigenvalue weighted by molar-refractivity contribution is 9.10. The van der Waals surface area contributed by atoms with Gasteiger partial charge in [-0.3, -0.25) is 4.79 Å². The third kappa shape index (κ3) is 2.54. The summed E-state index contributed by atoms with van der Waals surface area (Å²) >= 11 is 3.33. The van der Waals surface area contributed by atoms with Crippen LogP contribution < -0.4 is 0 Å². The van der Waals surface area contributed by atoms with Crippen molar-refractivity contribution in [2.75, 3.05) is 0 Å². The number of phenols is 1. The van der Waals surface area contributed by atoms with Crippen LogP contribution in [0.5, 0.6) is 5.75 Å². The Bertz CT molecular complexity index is 859. The first-order chi connectivity index (χ1) is 10.1. The molecule has 0 aliphatic rings. The first kappa shape index (κ1) is 13.8. The number of hydrogen-bond acceptors (Lipinski definition) is 2. The highest BCUT2D eigenvalue weighted by Crippen LogP contribution is 2.29. The van der Waals surface area contributed by atoms with E-state index in [-0.39, 0.29) is 22.9 Å². The lowest BCUT2D eigenvalue weighted by Gasteiger charge is -2.08. The molecule has 0 saturated carbocycles. The largest absolute Gasteiger partial charge is 0.507 e. The molecule has 21 heavy (non-hydrogen) atoms. The summed E-state index contributed by atoms with van der Waals surface area (Å²) in [5.41, 5.74) is 0.662. The Morgan fingerprint density at radius 2 is 1.71 bits per heavy atom. The van der Waals surface area contributed by atoms with E-state index in [0.29, 0.717) is 20.8 Å². The third-order valence-corrected chi connectivity index (χ3v) is 3.97. The van der Waals surface area contributed by atoms with E-state index in [1.165, 1.54) is 18.2 Å². The second kappa shape index (κ2) is 5.30. The Balaban J connectivity index is 2.16. The van der Waals surface area contributed by atoms with Gasteiger partial charge < -0.3 is 5.11 Å². The lowest BCUT2D eigenvalue weighted by Crippen LogP contribution is -2.02. The van der Waals surface area contributed by atoms with Crippen molar-refractivity contribution in [1.82, 2.24) is 0 Å². The van der Waals surface area contributed by atoms with Crippen LogP contribution in [0, 0.1) is 5.82 Å². The normalized spacial score (nSPS) is 10.8. The number of rotatable bonds is 2. The van der Waals surface area contributed by atoms with Gasteiger partial charge in [0.15, 0.2) is 5.78 Å². The van der Waals surface area contributed by atoms with Crippen molar-refractivity contribution in [3.63, 3.8) is 0 Å². The summed E-state index contributed by atoms with van der Waals surface area (Å²) in [6.07, 6.45) is 0. The average molecular weight is 345 g/mol. The van der Waals surface area contributed by atoms with Crippen LogP contribution in [0.4, 0.5) is 4.39 Å². The molecule has 0 heterocycles. The SMILES string of the molecule is O=C(c1cc2ccc(F)cc2cc1O)c1ccccc1Br. The van der Waals surface area contributed by atoms with Crippen LogP contribution in [0.15, 0.2) is 59.1 Å². The first-order valence-corrected chi connectivity index (χ1v) is 7.07. The number of ketones is 1. The lowest BCUT2D eigenvalue weighted by atomic mass is 9.99. The van der Waals surface area contributed by atoms with Gasteiger partial charge in [0.1, 0.15) is 11.6 Å². The van der Waals surface area contributed by atoms with Crippen LogP contribution in [0.1, 0.15) is 15.9 Å². The van der Waals surface area contributed by atoms with Gasteiger partial charge in [0.2, 0.25) is 0 Å². The molecule has 4 heteroatoms. The topological polar surface area (TPSA) is 37.3 Å². The minimum absolute atomic E-state index is 0.158. The maximum absolute atomic E-state index is 13.2. The van der Waals surface area contributed by atoms with Crippen LogP contribution >= 0.6 is 15.9 Å². The second-order valence-corrected chi connectivity index (χ2v) is 5.52. The molecule has 0 fully saturated rings. The maximum atomic E-state index is 13.2. The fourth-order valence-corrected chi connectivity index (χ4v) is 2.69. The summed E-state index contributed by atoms with van der Waals surface area (Å²) in [6.45, 7) is 0. The van der Waals surface area contributed by atoms with E-state index in [4.69, 9.17) is 0 Å². The van der Waals surface area contributed by atoms with Crippen LogP contribution in [0.2, 0.25) is 0 Å². The number of phenolic OH excluding ortho intramolecular Hbond substituents is 1. The monoisotopic (exact) mass is 344 g/mol. The molecule has 0 spiro atoms. The zero-order chi connectivity index (χ0) is 15.0. The summed E-state index contributed by atoms with van der Waals surface area (Å²) in [5.74, 6) is -0.827. The Hall–Kier alpha value is -2.20. The number of carbonyl (C=O) groups is 1. The molecule has 3 aromatic rings. The van der Waals surface area contributed by atoms with Crippen LogP contribution in [-0.4, -0.2) is 10.9 Å². The number of hydrogen-bond donors (Lipinski definition) is 1. The summed E-state index contributed by atoms with van der Waals surface area (Å²) < 4.78 is 13.9. The summed E-state index contributed by atoms with van der Waals surface area (Å²) in [5, 5.41) is 11.3. The van der Waals surface area contributed by atoms with E-state index < -0.39 is 0 Å². The van der Waals surface area contributed by atoms with Gasteiger partial charge in [0.25, 0.3) is 0 Å². The van der Waals surface area contributed by atoms with Crippen LogP contribution in [0.3, 0.4) is 0 Å².